The summed E-state index contributed by atoms with van der Waals surface area (Å²) < 4.78 is 5.35. The molecule has 1 aromatic rings. The molecule has 2 rings (SSSR count). The van der Waals surface area contributed by atoms with Gasteiger partial charge >= 0.3 is 0 Å². The first-order chi connectivity index (χ1) is 9.61. The van der Waals surface area contributed by atoms with Crippen molar-refractivity contribution in [1.82, 2.24) is 5.32 Å². The van der Waals surface area contributed by atoms with Crippen LogP contribution in [-0.4, -0.2) is 38.7 Å². The van der Waals surface area contributed by atoms with Gasteiger partial charge in [0.05, 0.1) is 18.8 Å². The molecule has 0 aromatic heterocycles. The number of amides is 1. The zero-order valence-corrected chi connectivity index (χ0v) is 12.1. The van der Waals surface area contributed by atoms with E-state index in [0.717, 1.165) is 30.8 Å². The Kier molecular flexibility index (Phi) is 4.84. The second-order valence-corrected chi connectivity index (χ2v) is 5.28. The van der Waals surface area contributed by atoms with Crippen LogP contribution in [0.4, 0.5) is 5.69 Å². The van der Waals surface area contributed by atoms with Crippen LogP contribution in [0.1, 0.15) is 19.3 Å². The van der Waals surface area contributed by atoms with Gasteiger partial charge in [-0.2, -0.15) is 0 Å². The van der Waals surface area contributed by atoms with Crippen LogP contribution in [0.25, 0.3) is 0 Å². The van der Waals surface area contributed by atoms with E-state index in [4.69, 9.17) is 10.5 Å². The molecule has 0 aliphatic heterocycles. The van der Waals surface area contributed by atoms with Gasteiger partial charge in [-0.15, -0.1) is 0 Å². The molecular weight excluding hydrogens is 254 g/mol. The molecule has 1 atom stereocenters. The number of methoxy groups -OCH3 is 1. The highest BCUT2D eigenvalue weighted by Gasteiger charge is 2.27. The standard InChI is InChI=1S/C15H23N3O2/c1-18(13-5-3-4-6-14(13)20-2)10-9-12(15(16)19)17-11-7-8-11/h3-6,11-12,17H,7-10H2,1-2H3,(H2,16,19). The highest BCUT2D eigenvalue weighted by molar-refractivity contribution is 5.80. The van der Waals surface area contributed by atoms with E-state index in [1.807, 2.05) is 31.3 Å². The van der Waals surface area contributed by atoms with Crippen molar-refractivity contribution >= 4 is 11.6 Å². The fourth-order valence-electron chi connectivity index (χ4n) is 2.23. The van der Waals surface area contributed by atoms with Gasteiger partial charge in [-0.05, 0) is 31.4 Å². The summed E-state index contributed by atoms with van der Waals surface area (Å²) in [5.74, 6) is 0.561. The molecule has 0 saturated heterocycles. The maximum absolute atomic E-state index is 11.5. The average Bonchev–Trinajstić information content (AvgIpc) is 3.26. The summed E-state index contributed by atoms with van der Waals surface area (Å²) in [7, 11) is 3.65. The minimum Gasteiger partial charge on any atom is -0.495 e. The van der Waals surface area contributed by atoms with Gasteiger partial charge in [-0.3, -0.25) is 4.79 Å². The predicted octanol–water partition coefficient (Wildman–Crippen LogP) is 1.13. The van der Waals surface area contributed by atoms with Crippen molar-refractivity contribution in [3.05, 3.63) is 24.3 Å². The smallest absolute Gasteiger partial charge is 0.234 e. The highest BCUT2D eigenvalue weighted by atomic mass is 16.5. The second kappa shape index (κ2) is 6.61. The molecule has 1 amide bonds. The Balaban J connectivity index is 1.92. The van der Waals surface area contributed by atoms with Crippen LogP contribution in [-0.2, 0) is 4.79 Å². The van der Waals surface area contributed by atoms with Gasteiger partial charge in [-0.25, -0.2) is 0 Å². The maximum atomic E-state index is 11.5. The van der Waals surface area contributed by atoms with E-state index in [-0.39, 0.29) is 11.9 Å². The lowest BCUT2D eigenvalue weighted by Crippen LogP contribution is -2.44. The average molecular weight is 277 g/mol. The molecule has 3 N–H and O–H groups in total. The molecule has 1 saturated carbocycles. The molecule has 1 aliphatic rings. The number of primary amides is 1. The van der Waals surface area contributed by atoms with E-state index in [0.29, 0.717) is 12.5 Å². The number of rotatable bonds is 8. The predicted molar refractivity (Wildman–Crippen MR) is 80.0 cm³/mol. The monoisotopic (exact) mass is 277 g/mol. The Labute approximate surface area is 120 Å². The number of ether oxygens (including phenoxy) is 1. The molecule has 1 unspecified atom stereocenters. The molecule has 0 spiro atoms. The lowest BCUT2D eigenvalue weighted by atomic mass is 10.1. The Bertz CT molecular complexity index is 460. The maximum Gasteiger partial charge on any atom is 0.234 e. The quantitative estimate of drug-likeness (QED) is 0.747. The van der Waals surface area contributed by atoms with E-state index in [9.17, 15) is 4.79 Å². The molecule has 1 fully saturated rings. The summed E-state index contributed by atoms with van der Waals surface area (Å²) >= 11 is 0. The third-order valence-electron chi connectivity index (χ3n) is 3.61. The van der Waals surface area contributed by atoms with E-state index >= 15 is 0 Å². The van der Waals surface area contributed by atoms with E-state index in [1.165, 1.54) is 0 Å². The number of carbonyl (C=O) groups excluding carboxylic acids is 1. The summed E-state index contributed by atoms with van der Waals surface area (Å²) in [5.41, 5.74) is 6.47. The Morgan fingerprint density at radius 3 is 2.80 bits per heavy atom. The first-order valence-corrected chi connectivity index (χ1v) is 7.01. The minimum absolute atomic E-state index is 0.250. The van der Waals surface area contributed by atoms with Gasteiger partial charge in [0.1, 0.15) is 5.75 Å². The van der Waals surface area contributed by atoms with Gasteiger partial charge in [0, 0.05) is 19.6 Å². The van der Waals surface area contributed by atoms with E-state index in [1.54, 1.807) is 7.11 Å². The molecule has 5 nitrogen and oxygen atoms in total. The summed E-state index contributed by atoms with van der Waals surface area (Å²) in [6.07, 6.45) is 2.98. The second-order valence-electron chi connectivity index (χ2n) is 5.28. The number of para-hydroxylation sites is 2. The highest BCUT2D eigenvalue weighted by Crippen LogP contribution is 2.27. The number of nitrogens with two attached hydrogens (primary N) is 1. The first kappa shape index (κ1) is 14.7. The topological polar surface area (TPSA) is 67.6 Å². The number of anilines is 1. The van der Waals surface area contributed by atoms with Crippen LogP contribution in [0.5, 0.6) is 5.75 Å². The Morgan fingerprint density at radius 2 is 2.20 bits per heavy atom. The summed E-state index contributed by atoms with van der Waals surface area (Å²) in [6, 6.07) is 8.08. The van der Waals surface area contributed by atoms with E-state index in [2.05, 4.69) is 10.2 Å². The van der Waals surface area contributed by atoms with Crippen LogP contribution >= 0.6 is 0 Å². The first-order valence-electron chi connectivity index (χ1n) is 7.01. The normalized spacial score (nSPS) is 15.7. The number of carbonyl (C=O) groups is 1. The fraction of sp³-hybridized carbons (Fsp3) is 0.533. The summed E-state index contributed by atoms with van der Waals surface area (Å²) in [4.78, 5) is 13.5. The van der Waals surface area contributed by atoms with Crippen molar-refractivity contribution in [3.63, 3.8) is 0 Å². The SMILES string of the molecule is COc1ccccc1N(C)CCC(NC1CC1)C(N)=O. The van der Waals surface area contributed by atoms with Gasteiger partial charge in [0.25, 0.3) is 0 Å². The summed E-state index contributed by atoms with van der Waals surface area (Å²) in [5, 5.41) is 3.29. The number of nitrogens with zero attached hydrogens (tertiary/aromatic N) is 1. The number of benzene rings is 1. The molecular formula is C15H23N3O2. The number of nitrogens with one attached hydrogen (secondary N) is 1. The van der Waals surface area contributed by atoms with Crippen LogP contribution in [0, 0.1) is 0 Å². The van der Waals surface area contributed by atoms with Crippen LogP contribution in [0.2, 0.25) is 0 Å². The van der Waals surface area contributed by atoms with Crippen molar-refractivity contribution in [2.75, 3.05) is 25.6 Å². The number of hydrogen-bond acceptors (Lipinski definition) is 4. The zero-order chi connectivity index (χ0) is 14.5. The van der Waals surface area contributed by atoms with Crippen LogP contribution < -0.4 is 20.7 Å². The van der Waals surface area contributed by atoms with Crippen molar-refractivity contribution in [2.45, 2.75) is 31.3 Å². The van der Waals surface area contributed by atoms with Crippen molar-refractivity contribution in [1.29, 1.82) is 0 Å². The van der Waals surface area contributed by atoms with Crippen molar-refractivity contribution < 1.29 is 9.53 Å². The molecule has 0 radical (unpaired) electrons. The Hall–Kier alpha value is -1.75. The molecule has 0 heterocycles. The van der Waals surface area contributed by atoms with Crippen LogP contribution in [0.15, 0.2) is 24.3 Å². The largest absolute Gasteiger partial charge is 0.495 e. The van der Waals surface area contributed by atoms with Gasteiger partial charge in [0.15, 0.2) is 0 Å². The molecule has 110 valence electrons. The van der Waals surface area contributed by atoms with Crippen molar-refractivity contribution in [2.24, 2.45) is 5.73 Å². The van der Waals surface area contributed by atoms with Crippen molar-refractivity contribution in [3.8, 4) is 5.75 Å². The molecule has 1 aliphatic carbocycles. The van der Waals surface area contributed by atoms with Gasteiger partial charge in [0.2, 0.25) is 5.91 Å². The lowest BCUT2D eigenvalue weighted by molar-refractivity contribution is -0.120. The van der Waals surface area contributed by atoms with Gasteiger partial charge in [-0.1, -0.05) is 12.1 Å². The fourth-order valence-corrected chi connectivity index (χ4v) is 2.23. The zero-order valence-electron chi connectivity index (χ0n) is 12.1. The van der Waals surface area contributed by atoms with Crippen LogP contribution in [0.3, 0.4) is 0 Å². The summed E-state index contributed by atoms with van der Waals surface area (Å²) in [6.45, 7) is 0.744. The van der Waals surface area contributed by atoms with Gasteiger partial charge < -0.3 is 20.7 Å². The molecule has 0 bridgehead atoms. The molecule has 20 heavy (non-hydrogen) atoms. The molecule has 1 aromatic carbocycles. The third-order valence-corrected chi connectivity index (χ3v) is 3.61. The van der Waals surface area contributed by atoms with E-state index < -0.39 is 0 Å². The molecule has 5 heteroatoms. The minimum atomic E-state index is -0.273. The number of hydrogen-bond donors (Lipinski definition) is 2. The third kappa shape index (κ3) is 3.87. The Morgan fingerprint density at radius 1 is 1.50 bits per heavy atom. The lowest BCUT2D eigenvalue weighted by Gasteiger charge is -2.24.